The standard InChI is InChI=1S/C25H23N3O5S3/c1-14-7-8-16(11-15(14)2)26-20(29)12-27-19-6-4-3-5-18(19)21(23(27)30)22-24(31)28(25(34)35-22)17-9-10-36(32,33)13-17/h3-8,11,17H,9-10,12-13H2,1-2H3,(H,26,29)/b22-21-/t17-/m1/s1. The van der Waals surface area contributed by atoms with Crippen molar-refractivity contribution in [1.29, 1.82) is 0 Å². The van der Waals surface area contributed by atoms with Gasteiger partial charge in [-0.15, -0.1) is 0 Å². The van der Waals surface area contributed by atoms with Crippen molar-refractivity contribution < 1.29 is 22.8 Å². The van der Waals surface area contributed by atoms with E-state index in [2.05, 4.69) is 5.32 Å². The van der Waals surface area contributed by atoms with Crippen molar-refractivity contribution in [2.75, 3.05) is 28.3 Å². The second-order valence-electron chi connectivity index (χ2n) is 9.06. The number of benzene rings is 2. The number of hydrogen-bond acceptors (Lipinski definition) is 7. The van der Waals surface area contributed by atoms with Crippen molar-refractivity contribution in [1.82, 2.24) is 4.90 Å². The molecule has 0 aromatic heterocycles. The lowest BCUT2D eigenvalue weighted by atomic mass is 10.1. The summed E-state index contributed by atoms with van der Waals surface area (Å²) in [6, 6.07) is 12.0. The molecule has 0 aliphatic carbocycles. The number of anilines is 2. The van der Waals surface area contributed by atoms with E-state index in [0.29, 0.717) is 23.4 Å². The van der Waals surface area contributed by atoms with Crippen LogP contribution in [0.3, 0.4) is 0 Å². The van der Waals surface area contributed by atoms with Gasteiger partial charge >= 0.3 is 0 Å². The summed E-state index contributed by atoms with van der Waals surface area (Å²) in [5, 5.41) is 2.83. The van der Waals surface area contributed by atoms with Crippen LogP contribution in [0.2, 0.25) is 0 Å². The Labute approximate surface area is 218 Å². The molecular weight excluding hydrogens is 518 g/mol. The molecule has 0 radical (unpaired) electrons. The Bertz CT molecular complexity index is 1480. The lowest BCUT2D eigenvalue weighted by Crippen LogP contribution is -2.39. The highest BCUT2D eigenvalue weighted by molar-refractivity contribution is 8.26. The SMILES string of the molecule is Cc1ccc(NC(=O)CN2C(=O)/C(=C3\SC(=S)N([C@@H]4CCS(=O)(=O)C4)C3=O)c3ccccc32)cc1C. The van der Waals surface area contributed by atoms with Gasteiger partial charge < -0.3 is 5.32 Å². The van der Waals surface area contributed by atoms with E-state index in [1.807, 2.05) is 26.0 Å². The zero-order valence-electron chi connectivity index (χ0n) is 19.6. The van der Waals surface area contributed by atoms with Crippen LogP contribution in [-0.4, -0.2) is 59.5 Å². The molecule has 0 unspecified atom stereocenters. The fourth-order valence-electron chi connectivity index (χ4n) is 4.64. The first-order valence-corrected chi connectivity index (χ1v) is 14.4. The van der Waals surface area contributed by atoms with E-state index in [9.17, 15) is 22.8 Å². The number of aryl methyl sites for hydroxylation is 2. The number of carbonyl (C=O) groups is 3. The molecule has 36 heavy (non-hydrogen) atoms. The molecule has 8 nitrogen and oxygen atoms in total. The summed E-state index contributed by atoms with van der Waals surface area (Å²) in [4.78, 5) is 42.7. The zero-order valence-corrected chi connectivity index (χ0v) is 22.1. The molecule has 2 saturated heterocycles. The lowest BCUT2D eigenvalue weighted by Gasteiger charge is -2.21. The Morgan fingerprint density at radius 3 is 2.56 bits per heavy atom. The van der Waals surface area contributed by atoms with Gasteiger partial charge in [0.2, 0.25) is 5.91 Å². The highest BCUT2D eigenvalue weighted by Gasteiger charge is 2.46. The van der Waals surface area contributed by atoms with Crippen molar-refractivity contribution in [2.45, 2.75) is 26.3 Å². The van der Waals surface area contributed by atoms with Crippen molar-refractivity contribution in [3.05, 3.63) is 64.1 Å². The van der Waals surface area contributed by atoms with Gasteiger partial charge in [-0.25, -0.2) is 8.42 Å². The number of carbonyl (C=O) groups excluding carboxylic acids is 3. The molecule has 186 valence electrons. The molecule has 0 saturated carbocycles. The van der Waals surface area contributed by atoms with E-state index < -0.39 is 27.7 Å². The third-order valence-electron chi connectivity index (χ3n) is 6.62. The van der Waals surface area contributed by atoms with Gasteiger partial charge in [0.25, 0.3) is 11.8 Å². The number of thioether (sulfide) groups is 1. The smallest absolute Gasteiger partial charge is 0.267 e. The Balaban J connectivity index is 1.44. The fraction of sp³-hybridized carbons (Fsp3) is 0.280. The van der Waals surface area contributed by atoms with Crippen LogP contribution in [0.5, 0.6) is 0 Å². The molecule has 11 heteroatoms. The molecule has 3 aliphatic heterocycles. The van der Waals surface area contributed by atoms with Crippen molar-refractivity contribution in [2.24, 2.45) is 0 Å². The predicted molar refractivity (Wildman–Crippen MR) is 144 cm³/mol. The normalized spacial score (nSPS) is 22.9. The molecule has 2 aromatic rings. The first-order chi connectivity index (χ1) is 17.1. The van der Waals surface area contributed by atoms with Gasteiger partial charge in [-0.2, -0.15) is 0 Å². The third kappa shape index (κ3) is 4.35. The number of fused-ring (bicyclic) bond motifs is 1. The average Bonchev–Trinajstić information content (AvgIpc) is 3.41. The molecule has 3 amide bonds. The van der Waals surface area contributed by atoms with Gasteiger partial charge in [-0.05, 0) is 49.6 Å². The van der Waals surface area contributed by atoms with Crippen LogP contribution in [-0.2, 0) is 24.2 Å². The molecule has 1 atom stereocenters. The van der Waals surface area contributed by atoms with Crippen molar-refractivity contribution in [3.8, 4) is 0 Å². The quantitative estimate of drug-likeness (QED) is 0.469. The Kier molecular flexibility index (Phi) is 6.26. The first kappa shape index (κ1) is 24.7. The van der Waals surface area contributed by atoms with Gasteiger partial charge in [0.1, 0.15) is 10.9 Å². The average molecular weight is 542 g/mol. The van der Waals surface area contributed by atoms with Crippen LogP contribution in [0.1, 0.15) is 23.1 Å². The molecule has 5 rings (SSSR count). The second-order valence-corrected chi connectivity index (χ2v) is 12.9. The number of amides is 3. The molecule has 0 bridgehead atoms. The number of para-hydroxylation sites is 1. The maximum absolute atomic E-state index is 13.6. The zero-order chi connectivity index (χ0) is 25.8. The topological polar surface area (TPSA) is 104 Å². The van der Waals surface area contributed by atoms with Gasteiger partial charge in [-0.3, -0.25) is 24.2 Å². The van der Waals surface area contributed by atoms with E-state index in [1.54, 1.807) is 30.3 Å². The summed E-state index contributed by atoms with van der Waals surface area (Å²) in [5.41, 5.74) is 4.03. The lowest BCUT2D eigenvalue weighted by molar-refractivity contribution is -0.123. The highest BCUT2D eigenvalue weighted by atomic mass is 32.2. The van der Waals surface area contributed by atoms with E-state index in [0.717, 1.165) is 22.9 Å². The Morgan fingerprint density at radius 1 is 1.11 bits per heavy atom. The molecule has 2 aromatic carbocycles. The van der Waals surface area contributed by atoms with Gasteiger partial charge in [0.05, 0.1) is 33.7 Å². The van der Waals surface area contributed by atoms with Crippen LogP contribution in [0.15, 0.2) is 47.4 Å². The number of nitrogens with one attached hydrogen (secondary N) is 1. The molecular formula is C25H23N3O5S3. The van der Waals surface area contributed by atoms with E-state index in [4.69, 9.17) is 12.2 Å². The maximum Gasteiger partial charge on any atom is 0.267 e. The van der Waals surface area contributed by atoms with Gasteiger partial charge in [0, 0.05) is 11.3 Å². The Hall–Kier alpha value is -3.02. The number of hydrogen-bond donors (Lipinski definition) is 1. The summed E-state index contributed by atoms with van der Waals surface area (Å²) in [6.45, 7) is 3.71. The molecule has 0 spiro atoms. The largest absolute Gasteiger partial charge is 0.325 e. The van der Waals surface area contributed by atoms with E-state index in [1.165, 1.54) is 9.80 Å². The van der Waals surface area contributed by atoms with Crippen LogP contribution in [0.25, 0.3) is 5.57 Å². The van der Waals surface area contributed by atoms with Gasteiger partial charge in [-0.1, -0.05) is 48.2 Å². The maximum atomic E-state index is 13.6. The van der Waals surface area contributed by atoms with Crippen LogP contribution in [0, 0.1) is 13.8 Å². The van der Waals surface area contributed by atoms with Gasteiger partial charge in [0.15, 0.2) is 9.84 Å². The minimum absolute atomic E-state index is 0.00575. The highest BCUT2D eigenvalue weighted by Crippen LogP contribution is 2.45. The molecule has 3 aliphatic rings. The summed E-state index contributed by atoms with van der Waals surface area (Å²) in [6.07, 6.45) is 0.312. The summed E-state index contributed by atoms with van der Waals surface area (Å²) < 4.78 is 24.2. The summed E-state index contributed by atoms with van der Waals surface area (Å²) >= 11 is 6.43. The van der Waals surface area contributed by atoms with E-state index in [-0.39, 0.29) is 38.8 Å². The number of nitrogens with zero attached hydrogens (tertiary/aromatic N) is 2. The molecule has 2 fully saturated rings. The third-order valence-corrected chi connectivity index (χ3v) is 9.77. The molecule has 3 heterocycles. The molecule has 1 N–H and O–H groups in total. The fourth-order valence-corrected chi connectivity index (χ4v) is 7.82. The predicted octanol–water partition coefficient (Wildman–Crippen LogP) is 3.05. The minimum Gasteiger partial charge on any atom is -0.325 e. The summed E-state index contributed by atoms with van der Waals surface area (Å²) in [5.74, 6) is -1.44. The van der Waals surface area contributed by atoms with Crippen molar-refractivity contribution >= 4 is 72.8 Å². The number of rotatable bonds is 4. The van der Waals surface area contributed by atoms with Crippen LogP contribution >= 0.6 is 24.0 Å². The number of sulfone groups is 1. The minimum atomic E-state index is -3.23. The Morgan fingerprint density at radius 2 is 1.86 bits per heavy atom. The van der Waals surface area contributed by atoms with Crippen molar-refractivity contribution in [3.63, 3.8) is 0 Å². The van der Waals surface area contributed by atoms with Crippen LogP contribution < -0.4 is 10.2 Å². The monoisotopic (exact) mass is 541 g/mol. The number of thiocarbonyl (C=S) groups is 1. The second kappa shape index (κ2) is 9.13. The summed E-state index contributed by atoms with van der Waals surface area (Å²) in [7, 11) is -3.23. The first-order valence-electron chi connectivity index (χ1n) is 11.3. The van der Waals surface area contributed by atoms with E-state index >= 15 is 0 Å². The van der Waals surface area contributed by atoms with Crippen LogP contribution in [0.4, 0.5) is 11.4 Å².